The molecule has 0 bridgehead atoms. The molecule has 24 heavy (non-hydrogen) atoms. The Kier molecular flexibility index (Phi) is 5.60. The van der Waals surface area contributed by atoms with Crippen molar-refractivity contribution in [2.75, 3.05) is 37.6 Å². The average molecular weight is 455 g/mol. The maximum Gasteiger partial charge on any atom is 0.191 e. The van der Waals surface area contributed by atoms with Crippen molar-refractivity contribution in [3.05, 3.63) is 47.0 Å². The largest absolute Gasteiger partial charge is 0.370 e. The number of piperazine rings is 1. The third kappa shape index (κ3) is 3.51. The maximum atomic E-state index is 6.20. The Bertz CT molecular complexity index is 695. The van der Waals surface area contributed by atoms with Gasteiger partial charge >= 0.3 is 0 Å². The molecule has 4 rings (SSSR count). The number of nitrogens with zero attached hydrogens (tertiary/aromatic N) is 4. The van der Waals surface area contributed by atoms with Crippen molar-refractivity contribution in [2.45, 2.75) is 12.3 Å². The first kappa shape index (κ1) is 17.5. The molecule has 1 aromatic carbocycles. The number of hydrogen-bond donors (Lipinski definition) is 1. The van der Waals surface area contributed by atoms with Crippen LogP contribution < -0.4 is 10.6 Å². The predicted molar refractivity (Wildman–Crippen MR) is 111 cm³/mol. The molecule has 0 radical (unpaired) electrons. The van der Waals surface area contributed by atoms with E-state index in [1.807, 2.05) is 11.6 Å². The molecule has 2 N–H and O–H groups in total. The highest BCUT2D eigenvalue weighted by Crippen LogP contribution is 2.34. The SMILES string of the molecule is I.NC(=NCC1Cc2ccccc21)N1CCN(c2nccs2)CC1. The lowest BCUT2D eigenvalue weighted by molar-refractivity contribution is 0.380. The van der Waals surface area contributed by atoms with Crippen molar-refractivity contribution < 1.29 is 0 Å². The first-order chi connectivity index (χ1) is 11.3. The van der Waals surface area contributed by atoms with Crippen LogP contribution in [0.1, 0.15) is 17.0 Å². The molecular formula is C17H22IN5S. The van der Waals surface area contributed by atoms with Crippen LogP contribution in [0.4, 0.5) is 5.13 Å². The number of nitrogens with two attached hydrogens (primary N) is 1. The molecule has 2 aliphatic rings. The highest BCUT2D eigenvalue weighted by Gasteiger charge is 2.25. The monoisotopic (exact) mass is 455 g/mol. The predicted octanol–water partition coefficient (Wildman–Crippen LogP) is 2.54. The number of benzene rings is 1. The summed E-state index contributed by atoms with van der Waals surface area (Å²) in [5, 5.41) is 3.12. The number of thiazole rings is 1. The molecule has 2 heterocycles. The number of aliphatic imine (C=N–C) groups is 1. The second kappa shape index (κ2) is 7.69. The van der Waals surface area contributed by atoms with Crippen molar-refractivity contribution in [1.82, 2.24) is 9.88 Å². The van der Waals surface area contributed by atoms with Crippen molar-refractivity contribution in [2.24, 2.45) is 10.7 Å². The second-order valence-corrected chi connectivity index (χ2v) is 6.96. The molecule has 0 amide bonds. The molecule has 0 spiro atoms. The molecule has 1 aliphatic heterocycles. The maximum absolute atomic E-state index is 6.20. The van der Waals surface area contributed by atoms with E-state index in [2.05, 4.69) is 44.0 Å². The molecule has 7 heteroatoms. The third-order valence-electron chi connectivity index (χ3n) is 4.73. The van der Waals surface area contributed by atoms with Crippen LogP contribution in [-0.4, -0.2) is 48.6 Å². The van der Waals surface area contributed by atoms with Gasteiger partial charge in [0.1, 0.15) is 0 Å². The van der Waals surface area contributed by atoms with E-state index in [-0.39, 0.29) is 24.0 Å². The quantitative estimate of drug-likeness (QED) is 0.439. The molecule has 1 aromatic heterocycles. The zero-order valence-electron chi connectivity index (χ0n) is 13.5. The summed E-state index contributed by atoms with van der Waals surface area (Å²) in [6.45, 7) is 4.54. The van der Waals surface area contributed by atoms with Gasteiger partial charge in [0.2, 0.25) is 0 Å². The van der Waals surface area contributed by atoms with Gasteiger partial charge < -0.3 is 15.5 Å². The minimum absolute atomic E-state index is 0. The number of aromatic nitrogens is 1. The van der Waals surface area contributed by atoms with Crippen LogP contribution in [0.2, 0.25) is 0 Å². The van der Waals surface area contributed by atoms with Gasteiger partial charge in [-0.05, 0) is 17.5 Å². The van der Waals surface area contributed by atoms with Crippen molar-refractivity contribution in [1.29, 1.82) is 0 Å². The standard InChI is InChI=1S/C17H21N5S.HI/c18-16(20-12-14-11-13-3-1-2-4-15(13)14)21-6-8-22(9-7-21)17-19-5-10-23-17;/h1-5,10,14H,6-9,11-12H2,(H2,18,20);1H. The zero-order valence-corrected chi connectivity index (χ0v) is 16.6. The summed E-state index contributed by atoms with van der Waals surface area (Å²) in [6, 6.07) is 8.63. The van der Waals surface area contributed by atoms with Crippen molar-refractivity contribution >= 4 is 46.4 Å². The molecular weight excluding hydrogens is 433 g/mol. The number of halogens is 1. The number of rotatable bonds is 3. The van der Waals surface area contributed by atoms with Gasteiger partial charge in [0, 0.05) is 50.2 Å². The summed E-state index contributed by atoms with van der Waals surface area (Å²) < 4.78 is 0. The Labute approximate surface area is 163 Å². The number of guanidine groups is 1. The Morgan fingerprint density at radius 3 is 2.75 bits per heavy atom. The molecule has 1 fully saturated rings. The van der Waals surface area contributed by atoms with E-state index in [1.165, 1.54) is 11.1 Å². The molecule has 128 valence electrons. The fourth-order valence-corrected chi connectivity index (χ4v) is 4.03. The number of hydrogen-bond acceptors (Lipinski definition) is 4. The van der Waals surface area contributed by atoms with E-state index >= 15 is 0 Å². The highest BCUT2D eigenvalue weighted by molar-refractivity contribution is 14.0. The van der Waals surface area contributed by atoms with Gasteiger partial charge in [-0.1, -0.05) is 24.3 Å². The van der Waals surface area contributed by atoms with Crippen molar-refractivity contribution in [3.8, 4) is 0 Å². The Balaban J connectivity index is 0.00000169. The van der Waals surface area contributed by atoms with Crippen LogP contribution in [0.15, 0.2) is 40.8 Å². The first-order valence-electron chi connectivity index (χ1n) is 8.08. The number of anilines is 1. The Morgan fingerprint density at radius 1 is 1.25 bits per heavy atom. The molecule has 5 nitrogen and oxygen atoms in total. The van der Waals surface area contributed by atoms with Crippen LogP contribution in [0.5, 0.6) is 0 Å². The summed E-state index contributed by atoms with van der Waals surface area (Å²) >= 11 is 1.69. The summed E-state index contributed by atoms with van der Waals surface area (Å²) in [6.07, 6.45) is 2.99. The molecule has 1 atom stereocenters. The lowest BCUT2D eigenvalue weighted by Crippen LogP contribution is -2.51. The van der Waals surface area contributed by atoms with E-state index in [0.29, 0.717) is 11.9 Å². The van der Waals surface area contributed by atoms with Gasteiger partial charge in [-0.15, -0.1) is 35.3 Å². The first-order valence-corrected chi connectivity index (χ1v) is 8.96. The van der Waals surface area contributed by atoms with Crippen LogP contribution >= 0.6 is 35.3 Å². The Morgan fingerprint density at radius 2 is 2.04 bits per heavy atom. The highest BCUT2D eigenvalue weighted by atomic mass is 127. The minimum atomic E-state index is 0. The van der Waals surface area contributed by atoms with Gasteiger partial charge in [0.05, 0.1) is 0 Å². The van der Waals surface area contributed by atoms with Gasteiger partial charge in [0.15, 0.2) is 11.1 Å². The van der Waals surface area contributed by atoms with E-state index in [4.69, 9.17) is 5.73 Å². The van der Waals surface area contributed by atoms with Gasteiger partial charge in [0.25, 0.3) is 0 Å². The van der Waals surface area contributed by atoms with E-state index in [0.717, 1.165) is 44.3 Å². The topological polar surface area (TPSA) is 57.8 Å². The van der Waals surface area contributed by atoms with Crippen LogP contribution in [-0.2, 0) is 6.42 Å². The fourth-order valence-electron chi connectivity index (χ4n) is 3.33. The third-order valence-corrected chi connectivity index (χ3v) is 5.56. The molecule has 0 saturated carbocycles. The zero-order chi connectivity index (χ0) is 15.6. The second-order valence-electron chi connectivity index (χ2n) is 6.09. The van der Waals surface area contributed by atoms with Crippen molar-refractivity contribution in [3.63, 3.8) is 0 Å². The van der Waals surface area contributed by atoms with Gasteiger partial charge in [-0.3, -0.25) is 4.99 Å². The fraction of sp³-hybridized carbons (Fsp3) is 0.412. The smallest absolute Gasteiger partial charge is 0.191 e. The van der Waals surface area contributed by atoms with Crippen LogP contribution in [0.3, 0.4) is 0 Å². The summed E-state index contributed by atoms with van der Waals surface area (Å²) in [4.78, 5) is 13.5. The lowest BCUT2D eigenvalue weighted by atomic mass is 9.78. The number of fused-ring (bicyclic) bond motifs is 1. The molecule has 1 aliphatic carbocycles. The molecule has 1 unspecified atom stereocenters. The molecule has 1 saturated heterocycles. The summed E-state index contributed by atoms with van der Waals surface area (Å²) in [5.74, 6) is 1.23. The van der Waals surface area contributed by atoms with E-state index < -0.39 is 0 Å². The van der Waals surface area contributed by atoms with E-state index in [9.17, 15) is 0 Å². The van der Waals surface area contributed by atoms with Crippen LogP contribution in [0, 0.1) is 0 Å². The van der Waals surface area contributed by atoms with Gasteiger partial charge in [-0.2, -0.15) is 0 Å². The lowest BCUT2D eigenvalue weighted by Gasteiger charge is -2.35. The average Bonchev–Trinajstić information content (AvgIpc) is 3.10. The van der Waals surface area contributed by atoms with E-state index in [1.54, 1.807) is 11.3 Å². The minimum Gasteiger partial charge on any atom is -0.370 e. The normalized spacial score (nSPS) is 20.2. The summed E-state index contributed by atoms with van der Waals surface area (Å²) in [5.41, 5.74) is 9.11. The molecule has 2 aromatic rings. The van der Waals surface area contributed by atoms with Crippen LogP contribution in [0.25, 0.3) is 0 Å². The summed E-state index contributed by atoms with van der Waals surface area (Å²) in [7, 11) is 0. The van der Waals surface area contributed by atoms with Gasteiger partial charge in [-0.25, -0.2) is 4.98 Å². The Hall–Kier alpha value is -1.35.